The molecule has 0 saturated carbocycles. The maximum atomic E-state index is 12.4. The lowest BCUT2D eigenvalue weighted by Gasteiger charge is -2.27. The third-order valence-corrected chi connectivity index (χ3v) is 3.81. The largest absolute Gasteiger partial charge is 0.378 e. The van der Waals surface area contributed by atoms with Gasteiger partial charge in [-0.25, -0.2) is 19.3 Å². The molecular formula is C14H14N6O3. The van der Waals surface area contributed by atoms with Crippen molar-refractivity contribution in [2.45, 2.75) is 0 Å². The van der Waals surface area contributed by atoms with Gasteiger partial charge in [-0.2, -0.15) is 0 Å². The zero-order valence-corrected chi connectivity index (χ0v) is 12.2. The van der Waals surface area contributed by atoms with Crippen molar-refractivity contribution >= 4 is 17.0 Å². The molecule has 4 rings (SSSR count). The van der Waals surface area contributed by atoms with Crippen LogP contribution in [0.4, 0.5) is 5.82 Å². The summed E-state index contributed by atoms with van der Waals surface area (Å²) < 4.78 is 6.35. The monoisotopic (exact) mass is 314 g/mol. The number of aromatic amines is 2. The molecule has 0 spiro atoms. The number of fused-ring (bicyclic) bond motifs is 1. The molecule has 1 aliphatic rings. The van der Waals surface area contributed by atoms with Gasteiger partial charge in [-0.05, 0) is 12.1 Å². The summed E-state index contributed by atoms with van der Waals surface area (Å²) in [5, 5.41) is 0. The van der Waals surface area contributed by atoms with Gasteiger partial charge in [-0.3, -0.25) is 9.78 Å². The second kappa shape index (κ2) is 5.36. The molecule has 2 N–H and O–H groups in total. The summed E-state index contributed by atoms with van der Waals surface area (Å²) in [5.41, 5.74) is -0.0987. The van der Waals surface area contributed by atoms with Crippen LogP contribution < -0.4 is 16.1 Å². The molecule has 1 saturated heterocycles. The molecule has 0 radical (unpaired) electrons. The lowest BCUT2D eigenvalue weighted by atomic mass is 10.3. The van der Waals surface area contributed by atoms with E-state index in [1.165, 1.54) is 12.5 Å². The number of ether oxygens (including phenoxy) is 1. The third kappa shape index (κ3) is 2.30. The Labute approximate surface area is 129 Å². The van der Waals surface area contributed by atoms with Crippen LogP contribution in [0, 0.1) is 0 Å². The molecule has 9 heteroatoms. The molecule has 0 aliphatic carbocycles. The van der Waals surface area contributed by atoms with E-state index in [0.29, 0.717) is 18.9 Å². The van der Waals surface area contributed by atoms with E-state index < -0.39 is 11.2 Å². The fraction of sp³-hybridized carbons (Fsp3) is 0.286. The van der Waals surface area contributed by atoms with Crippen LogP contribution in [-0.4, -0.2) is 50.8 Å². The van der Waals surface area contributed by atoms with E-state index in [0.717, 1.165) is 23.5 Å². The Kier molecular flexibility index (Phi) is 3.19. The van der Waals surface area contributed by atoms with Crippen molar-refractivity contribution in [2.75, 3.05) is 31.2 Å². The minimum atomic E-state index is -0.546. The van der Waals surface area contributed by atoms with Crippen LogP contribution in [0.15, 0.2) is 34.2 Å². The number of rotatable bonds is 2. The Morgan fingerprint density at radius 2 is 1.96 bits per heavy atom. The van der Waals surface area contributed by atoms with Crippen molar-refractivity contribution in [1.29, 1.82) is 0 Å². The number of pyridine rings is 1. The molecule has 0 unspecified atom stereocenters. The molecule has 1 aliphatic heterocycles. The van der Waals surface area contributed by atoms with Crippen LogP contribution in [0.25, 0.3) is 16.9 Å². The Balaban J connectivity index is 1.76. The number of anilines is 1. The average Bonchev–Trinajstić information content (AvgIpc) is 3.05. The predicted molar refractivity (Wildman–Crippen MR) is 83.1 cm³/mol. The number of imidazole rings is 1. The normalized spacial score (nSPS) is 15.2. The van der Waals surface area contributed by atoms with Crippen molar-refractivity contribution < 1.29 is 4.74 Å². The van der Waals surface area contributed by atoms with Crippen LogP contribution in [-0.2, 0) is 4.74 Å². The highest BCUT2D eigenvalue weighted by molar-refractivity contribution is 5.68. The number of nitrogens with one attached hydrogen (secondary N) is 2. The van der Waals surface area contributed by atoms with E-state index in [4.69, 9.17) is 4.74 Å². The van der Waals surface area contributed by atoms with Gasteiger partial charge in [0.25, 0.3) is 5.56 Å². The third-order valence-electron chi connectivity index (χ3n) is 3.81. The molecule has 0 amide bonds. The topological polar surface area (TPSA) is 109 Å². The van der Waals surface area contributed by atoms with Crippen molar-refractivity contribution in [3.05, 3.63) is 45.5 Å². The highest BCUT2D eigenvalue weighted by Gasteiger charge is 2.14. The number of hydrogen-bond donors (Lipinski definition) is 2. The molecule has 9 nitrogen and oxygen atoms in total. The van der Waals surface area contributed by atoms with Gasteiger partial charge >= 0.3 is 5.69 Å². The van der Waals surface area contributed by atoms with Crippen molar-refractivity contribution in [3.8, 4) is 5.69 Å². The first kappa shape index (κ1) is 13.7. The van der Waals surface area contributed by atoms with Gasteiger partial charge in [-0.1, -0.05) is 0 Å². The molecule has 0 bridgehead atoms. The second-order valence-corrected chi connectivity index (χ2v) is 5.17. The summed E-state index contributed by atoms with van der Waals surface area (Å²) in [6.45, 7) is 2.87. The summed E-state index contributed by atoms with van der Waals surface area (Å²) in [5.74, 6) is 0.796. The molecule has 0 atom stereocenters. The van der Waals surface area contributed by atoms with Crippen LogP contribution >= 0.6 is 0 Å². The van der Waals surface area contributed by atoms with Gasteiger partial charge in [-0.15, -0.1) is 0 Å². The van der Waals surface area contributed by atoms with E-state index in [1.807, 2.05) is 0 Å². The Morgan fingerprint density at radius 1 is 1.13 bits per heavy atom. The van der Waals surface area contributed by atoms with Crippen molar-refractivity contribution in [2.24, 2.45) is 0 Å². The van der Waals surface area contributed by atoms with Gasteiger partial charge in [0.05, 0.1) is 31.4 Å². The minimum Gasteiger partial charge on any atom is -0.378 e. The lowest BCUT2D eigenvalue weighted by Crippen LogP contribution is -2.37. The van der Waals surface area contributed by atoms with Crippen molar-refractivity contribution in [1.82, 2.24) is 24.5 Å². The van der Waals surface area contributed by atoms with Gasteiger partial charge in [0.1, 0.15) is 11.3 Å². The Hall–Kier alpha value is -2.94. The summed E-state index contributed by atoms with van der Waals surface area (Å²) >= 11 is 0. The van der Waals surface area contributed by atoms with E-state index in [9.17, 15) is 9.59 Å². The van der Waals surface area contributed by atoms with Gasteiger partial charge < -0.3 is 14.6 Å². The summed E-state index contributed by atoms with van der Waals surface area (Å²) in [6, 6.07) is 3.50. The molecular weight excluding hydrogens is 300 g/mol. The predicted octanol–water partition coefficient (Wildman–Crippen LogP) is -0.366. The SMILES string of the molecule is O=c1[nH]c2nc[nH]c2c(=O)n1-c1ccc(N2CCOCC2)nc1. The number of nitrogens with zero attached hydrogens (tertiary/aromatic N) is 4. The van der Waals surface area contributed by atoms with E-state index in [2.05, 4.69) is 24.8 Å². The highest BCUT2D eigenvalue weighted by atomic mass is 16.5. The molecule has 3 aromatic heterocycles. The molecule has 3 aromatic rings. The summed E-state index contributed by atoms with van der Waals surface area (Å²) in [4.78, 5) is 40.2. The molecule has 118 valence electrons. The number of morpholine rings is 1. The maximum Gasteiger partial charge on any atom is 0.334 e. The van der Waals surface area contributed by atoms with Crippen LogP contribution in [0.5, 0.6) is 0 Å². The first-order valence-electron chi connectivity index (χ1n) is 7.21. The smallest absolute Gasteiger partial charge is 0.334 e. The molecule has 4 heterocycles. The van der Waals surface area contributed by atoms with Crippen LogP contribution in [0.3, 0.4) is 0 Å². The van der Waals surface area contributed by atoms with E-state index in [-0.39, 0.29) is 11.2 Å². The minimum absolute atomic E-state index is 0.245. The van der Waals surface area contributed by atoms with Gasteiger partial charge in [0.2, 0.25) is 0 Å². The van der Waals surface area contributed by atoms with Gasteiger partial charge in [0.15, 0.2) is 5.65 Å². The zero-order chi connectivity index (χ0) is 15.8. The molecule has 1 fully saturated rings. The highest BCUT2D eigenvalue weighted by Crippen LogP contribution is 2.14. The first-order valence-corrected chi connectivity index (χ1v) is 7.21. The van der Waals surface area contributed by atoms with Crippen molar-refractivity contribution in [3.63, 3.8) is 0 Å². The Morgan fingerprint density at radius 3 is 2.70 bits per heavy atom. The fourth-order valence-corrected chi connectivity index (χ4v) is 2.64. The molecule has 0 aromatic carbocycles. The molecule has 23 heavy (non-hydrogen) atoms. The number of H-pyrrole nitrogens is 2. The zero-order valence-electron chi connectivity index (χ0n) is 12.2. The Bertz CT molecular complexity index is 949. The first-order chi connectivity index (χ1) is 11.2. The standard InChI is InChI=1S/C14H14N6O3/c21-13-11-12(17-8-16-11)18-14(22)20(13)9-1-2-10(15-7-9)19-3-5-23-6-4-19/h1-2,7-8H,3-6H2,(H,16,17)(H,18,22). The van der Waals surface area contributed by atoms with Crippen LogP contribution in [0.1, 0.15) is 0 Å². The average molecular weight is 314 g/mol. The van der Waals surface area contributed by atoms with Gasteiger partial charge in [0, 0.05) is 13.1 Å². The van der Waals surface area contributed by atoms with E-state index >= 15 is 0 Å². The second-order valence-electron chi connectivity index (χ2n) is 5.17. The number of aromatic nitrogens is 5. The van der Waals surface area contributed by atoms with E-state index in [1.54, 1.807) is 12.1 Å². The quantitative estimate of drug-likeness (QED) is 0.668. The summed E-state index contributed by atoms with van der Waals surface area (Å²) in [6.07, 6.45) is 2.88. The fourth-order valence-electron chi connectivity index (χ4n) is 2.64. The lowest BCUT2D eigenvalue weighted by molar-refractivity contribution is 0.122. The van der Waals surface area contributed by atoms with Crippen LogP contribution in [0.2, 0.25) is 0 Å². The summed E-state index contributed by atoms with van der Waals surface area (Å²) in [7, 11) is 0. The number of hydrogen-bond acceptors (Lipinski definition) is 6. The maximum absolute atomic E-state index is 12.4.